The number of aromatic nitrogens is 2. The molecule has 0 saturated carbocycles. The van der Waals surface area contributed by atoms with E-state index in [1.807, 2.05) is 16.8 Å². The molecule has 0 radical (unpaired) electrons. The zero-order chi connectivity index (χ0) is 19.8. The number of amides is 1. The van der Waals surface area contributed by atoms with Gasteiger partial charge in [0.15, 0.2) is 11.2 Å². The van der Waals surface area contributed by atoms with E-state index >= 15 is 0 Å². The Kier molecular flexibility index (Phi) is 4.48. The maximum absolute atomic E-state index is 13.0. The summed E-state index contributed by atoms with van der Waals surface area (Å²) in [6.07, 6.45) is 1.67. The van der Waals surface area contributed by atoms with Gasteiger partial charge in [0.1, 0.15) is 5.58 Å². The van der Waals surface area contributed by atoms with E-state index in [4.69, 9.17) is 8.83 Å². The fourth-order valence-electron chi connectivity index (χ4n) is 3.63. The number of hydrogen-bond acceptors (Lipinski definition) is 7. The van der Waals surface area contributed by atoms with E-state index in [-0.39, 0.29) is 23.0 Å². The molecule has 0 aliphatic carbocycles. The molecule has 0 bridgehead atoms. The van der Waals surface area contributed by atoms with Gasteiger partial charge in [0, 0.05) is 30.1 Å². The van der Waals surface area contributed by atoms with Crippen molar-refractivity contribution in [2.45, 2.75) is 18.8 Å². The standard InChI is InChI=1S/C21H17N3O4S/c25-16-10-18(27-17-6-2-1-5-15(16)17)21(26)24-8-3-4-13(11-24)19-22-23-20(28-19)14-7-9-29-12-14/h1-2,5-7,9-10,12-13H,3-4,8,11H2. The van der Waals surface area contributed by atoms with Gasteiger partial charge in [0.05, 0.1) is 11.3 Å². The molecule has 1 fully saturated rings. The van der Waals surface area contributed by atoms with Gasteiger partial charge in [-0.3, -0.25) is 9.59 Å². The summed E-state index contributed by atoms with van der Waals surface area (Å²) in [6, 6.07) is 10.1. The van der Waals surface area contributed by atoms with Crippen LogP contribution in [0.2, 0.25) is 0 Å². The summed E-state index contributed by atoms with van der Waals surface area (Å²) in [4.78, 5) is 27.0. The number of thiophene rings is 1. The Morgan fingerprint density at radius 2 is 2.07 bits per heavy atom. The molecule has 7 nitrogen and oxygen atoms in total. The predicted octanol–water partition coefficient (Wildman–Crippen LogP) is 3.92. The van der Waals surface area contributed by atoms with Crippen LogP contribution in [-0.4, -0.2) is 34.1 Å². The van der Waals surface area contributed by atoms with Crippen molar-refractivity contribution in [3.63, 3.8) is 0 Å². The van der Waals surface area contributed by atoms with Crippen LogP contribution >= 0.6 is 11.3 Å². The molecule has 5 rings (SSSR count). The van der Waals surface area contributed by atoms with Crippen LogP contribution in [0.15, 0.2) is 60.8 Å². The lowest BCUT2D eigenvalue weighted by Gasteiger charge is -2.30. The van der Waals surface area contributed by atoms with Gasteiger partial charge in [-0.15, -0.1) is 10.2 Å². The Hall–Kier alpha value is -3.26. The summed E-state index contributed by atoms with van der Waals surface area (Å²) in [5.74, 6) is 0.739. The van der Waals surface area contributed by atoms with Crippen LogP contribution in [0.3, 0.4) is 0 Å². The molecular weight excluding hydrogens is 390 g/mol. The molecule has 1 aromatic carbocycles. The summed E-state index contributed by atoms with van der Waals surface area (Å²) in [5.41, 5.74) is 1.09. The highest BCUT2D eigenvalue weighted by atomic mass is 32.1. The number of likely N-dealkylation sites (tertiary alicyclic amines) is 1. The molecule has 1 unspecified atom stereocenters. The number of hydrogen-bond donors (Lipinski definition) is 0. The molecule has 4 aromatic rings. The average Bonchev–Trinajstić information content (AvgIpc) is 3.45. The van der Waals surface area contributed by atoms with E-state index in [1.54, 1.807) is 40.5 Å². The SMILES string of the molecule is O=C(c1cc(=O)c2ccccc2o1)N1CCCC(c2nnc(-c3ccsc3)o2)C1. The summed E-state index contributed by atoms with van der Waals surface area (Å²) in [7, 11) is 0. The van der Waals surface area contributed by atoms with E-state index < -0.39 is 0 Å². The van der Waals surface area contributed by atoms with Crippen LogP contribution in [0.4, 0.5) is 0 Å². The highest BCUT2D eigenvalue weighted by Gasteiger charge is 2.30. The Bertz CT molecular complexity index is 1230. The average molecular weight is 407 g/mol. The maximum atomic E-state index is 13.0. The Morgan fingerprint density at radius 3 is 2.93 bits per heavy atom. The van der Waals surface area contributed by atoms with Crippen molar-refractivity contribution in [3.05, 3.63) is 69.0 Å². The van der Waals surface area contributed by atoms with Gasteiger partial charge in [0.25, 0.3) is 5.91 Å². The topological polar surface area (TPSA) is 89.4 Å². The maximum Gasteiger partial charge on any atom is 0.289 e. The number of piperidine rings is 1. The van der Waals surface area contributed by atoms with Gasteiger partial charge in [0.2, 0.25) is 11.8 Å². The summed E-state index contributed by atoms with van der Waals surface area (Å²) in [6.45, 7) is 1.04. The lowest BCUT2D eigenvalue weighted by atomic mass is 9.98. The van der Waals surface area contributed by atoms with E-state index in [0.29, 0.717) is 35.8 Å². The first-order chi connectivity index (χ1) is 14.2. The number of carbonyl (C=O) groups is 1. The normalized spacial score (nSPS) is 17.0. The lowest BCUT2D eigenvalue weighted by Crippen LogP contribution is -2.39. The van der Waals surface area contributed by atoms with Crippen LogP contribution in [-0.2, 0) is 0 Å². The summed E-state index contributed by atoms with van der Waals surface area (Å²) in [5, 5.41) is 12.7. The fourth-order valence-corrected chi connectivity index (χ4v) is 4.26. The van der Waals surface area contributed by atoms with Crippen molar-refractivity contribution in [2.75, 3.05) is 13.1 Å². The molecule has 8 heteroatoms. The first-order valence-electron chi connectivity index (χ1n) is 9.37. The zero-order valence-corrected chi connectivity index (χ0v) is 16.2. The zero-order valence-electron chi connectivity index (χ0n) is 15.4. The predicted molar refractivity (Wildman–Crippen MR) is 108 cm³/mol. The van der Waals surface area contributed by atoms with E-state index in [2.05, 4.69) is 10.2 Å². The van der Waals surface area contributed by atoms with E-state index in [0.717, 1.165) is 18.4 Å². The van der Waals surface area contributed by atoms with Gasteiger partial charge in [-0.1, -0.05) is 12.1 Å². The number of carbonyl (C=O) groups excluding carboxylic acids is 1. The van der Waals surface area contributed by atoms with Crippen molar-refractivity contribution in [1.82, 2.24) is 15.1 Å². The van der Waals surface area contributed by atoms with Crippen LogP contribution < -0.4 is 5.43 Å². The minimum atomic E-state index is -0.296. The third-order valence-electron chi connectivity index (χ3n) is 5.11. The van der Waals surface area contributed by atoms with Gasteiger partial charge in [-0.05, 0) is 36.4 Å². The van der Waals surface area contributed by atoms with Crippen molar-refractivity contribution in [3.8, 4) is 11.5 Å². The van der Waals surface area contributed by atoms with Crippen molar-refractivity contribution in [1.29, 1.82) is 0 Å². The monoisotopic (exact) mass is 407 g/mol. The van der Waals surface area contributed by atoms with Crippen molar-refractivity contribution >= 4 is 28.2 Å². The smallest absolute Gasteiger partial charge is 0.289 e. The second kappa shape index (κ2) is 7.29. The highest BCUT2D eigenvalue weighted by molar-refractivity contribution is 7.08. The number of fused-ring (bicyclic) bond motifs is 1. The quantitative estimate of drug-likeness (QED) is 0.511. The summed E-state index contributed by atoms with van der Waals surface area (Å²) >= 11 is 1.57. The molecule has 29 heavy (non-hydrogen) atoms. The van der Waals surface area contributed by atoms with Crippen molar-refractivity contribution < 1.29 is 13.6 Å². The molecule has 1 atom stereocenters. The van der Waals surface area contributed by atoms with E-state index in [9.17, 15) is 9.59 Å². The third kappa shape index (κ3) is 3.36. The number of nitrogens with zero attached hydrogens (tertiary/aromatic N) is 3. The minimum Gasteiger partial charge on any atom is -0.451 e. The lowest BCUT2D eigenvalue weighted by molar-refractivity contribution is 0.0667. The fraction of sp³-hybridized carbons (Fsp3) is 0.238. The number of rotatable bonds is 3. The molecule has 1 amide bonds. The first kappa shape index (κ1) is 17.8. The van der Waals surface area contributed by atoms with Gasteiger partial charge in [-0.2, -0.15) is 11.3 Å². The molecule has 1 saturated heterocycles. The Labute approximate surface area is 169 Å². The number of para-hydroxylation sites is 1. The van der Waals surface area contributed by atoms with Gasteiger partial charge >= 0.3 is 0 Å². The molecule has 1 aliphatic heterocycles. The second-order valence-electron chi connectivity index (χ2n) is 7.02. The highest BCUT2D eigenvalue weighted by Crippen LogP contribution is 2.29. The third-order valence-corrected chi connectivity index (χ3v) is 5.80. The molecule has 4 heterocycles. The van der Waals surface area contributed by atoms with Crippen LogP contribution in [0.1, 0.15) is 35.2 Å². The van der Waals surface area contributed by atoms with Crippen molar-refractivity contribution in [2.24, 2.45) is 0 Å². The molecular formula is C21H17N3O4S. The largest absolute Gasteiger partial charge is 0.451 e. The van der Waals surface area contributed by atoms with E-state index in [1.165, 1.54) is 6.07 Å². The van der Waals surface area contributed by atoms with Crippen LogP contribution in [0, 0.1) is 0 Å². The van der Waals surface area contributed by atoms with Crippen LogP contribution in [0.25, 0.3) is 22.4 Å². The second-order valence-corrected chi connectivity index (χ2v) is 7.80. The van der Waals surface area contributed by atoms with Gasteiger partial charge < -0.3 is 13.7 Å². The molecule has 0 spiro atoms. The Morgan fingerprint density at radius 1 is 1.17 bits per heavy atom. The first-order valence-corrected chi connectivity index (χ1v) is 10.3. The van der Waals surface area contributed by atoms with Crippen LogP contribution in [0.5, 0.6) is 0 Å². The molecule has 1 aliphatic rings. The molecule has 3 aromatic heterocycles. The molecule has 0 N–H and O–H groups in total. The minimum absolute atomic E-state index is 0.0419. The Balaban J connectivity index is 1.38. The molecule has 146 valence electrons. The summed E-state index contributed by atoms with van der Waals surface area (Å²) < 4.78 is 11.6. The number of benzene rings is 1. The van der Waals surface area contributed by atoms with Gasteiger partial charge in [-0.25, -0.2) is 0 Å².